The Labute approximate surface area is 324 Å². The highest BCUT2D eigenvalue weighted by Crippen LogP contribution is 2.55. The van der Waals surface area contributed by atoms with Gasteiger partial charge in [-0.2, -0.15) is 0 Å². The molecule has 0 saturated carbocycles. The van der Waals surface area contributed by atoms with E-state index in [1.54, 1.807) is 62.6 Å². The van der Waals surface area contributed by atoms with E-state index in [-0.39, 0.29) is 58.2 Å². The molecule has 12 nitrogen and oxygen atoms in total. The van der Waals surface area contributed by atoms with E-state index in [2.05, 4.69) is 27.1 Å². The van der Waals surface area contributed by atoms with E-state index in [1.165, 1.54) is 0 Å². The number of ether oxygens (including phenoxy) is 2. The predicted molar refractivity (Wildman–Crippen MR) is 211 cm³/mol. The molecule has 2 bridgehead atoms. The lowest BCUT2D eigenvalue weighted by molar-refractivity contribution is -0.164. The van der Waals surface area contributed by atoms with Crippen molar-refractivity contribution in [3.8, 4) is 29.1 Å². The first-order valence-electron chi connectivity index (χ1n) is 18.6. The minimum absolute atomic E-state index is 0.00645. The highest BCUT2D eigenvalue weighted by atomic mass is 16.6. The lowest BCUT2D eigenvalue weighted by Gasteiger charge is -2.47. The zero-order chi connectivity index (χ0) is 39.7. The highest BCUT2D eigenvalue weighted by molar-refractivity contribution is 5.92. The molecule has 0 radical (unpaired) electrons. The normalized spacial score (nSPS) is 21.7. The number of nitrogens with two attached hydrogens (primary N) is 1. The Morgan fingerprint density at radius 2 is 1.96 bits per heavy atom. The number of nitrogens with zero attached hydrogens (tertiary/aromatic N) is 2. The number of pyridine rings is 2. The molecule has 2 aromatic carbocycles. The number of hydrogen-bond acceptors (Lipinski definition) is 12. The zero-order valence-corrected chi connectivity index (χ0v) is 31.6. The first kappa shape index (κ1) is 38.0. The lowest BCUT2D eigenvalue weighted by Crippen LogP contribution is -2.57. The van der Waals surface area contributed by atoms with Crippen LogP contribution in [0.1, 0.15) is 79.5 Å². The van der Waals surface area contributed by atoms with Crippen molar-refractivity contribution in [2.24, 2.45) is 5.92 Å². The van der Waals surface area contributed by atoms with E-state index in [1.807, 2.05) is 32.0 Å². The van der Waals surface area contributed by atoms with Crippen molar-refractivity contribution in [1.29, 1.82) is 0 Å². The molecule has 0 unspecified atom stereocenters. The SMILES string of the molecule is C/C=C(/C)C(=O)O[C@@H]1Cc2c3c(c4oc(CO)cc(=O)c4c2O)[C@@H](c2ccnc(N)c2)[C@@H](c2cccc(O)c2)C#CC[C@H](Cc2ccc(NCC)nc2)[C@]1(C)O3. The molecular weight excluding hydrogens is 713 g/mol. The number of esters is 1. The molecule has 2 aliphatic rings. The predicted octanol–water partition coefficient (Wildman–Crippen LogP) is 6.25. The van der Waals surface area contributed by atoms with Crippen LogP contribution in [0.5, 0.6) is 17.2 Å². The second-order valence-corrected chi connectivity index (χ2v) is 14.4. The topological polar surface area (TPSA) is 190 Å². The van der Waals surface area contributed by atoms with Crippen LogP contribution in [-0.2, 0) is 29.0 Å². The van der Waals surface area contributed by atoms with Gasteiger partial charge >= 0.3 is 5.97 Å². The fraction of sp³-hybridized carbons (Fsp3) is 0.318. The Bertz CT molecular complexity index is 2470. The van der Waals surface area contributed by atoms with Gasteiger partial charge in [0.1, 0.15) is 63.9 Å². The molecule has 5 aromatic rings. The standard InChI is InChI=1S/C44H44N4O8/c1-5-24(3)43(53)55-34-21-32-40(52)38-33(51)20-30(23-49)54-42(38)39-37(27-15-16-47-35(45)19-27)31(26-9-7-11-29(50)18-26)12-8-10-28(44(34,4)56-41(32)39)17-25-13-14-36(46-6-2)48-22-25/h5,7,9,11,13-16,18-20,22,28,31,34,37,49-50,52H,6,10,17,21,23H2,1-4H3,(H2,45,47)(H,46,48)/b24-5-/t28-,31-,34-,37+,44+/m1/s1. The van der Waals surface area contributed by atoms with Gasteiger partial charge in [0.25, 0.3) is 0 Å². The van der Waals surface area contributed by atoms with Crippen molar-refractivity contribution in [2.75, 3.05) is 17.6 Å². The molecule has 0 saturated heterocycles. The number of fused-ring (bicyclic) bond motifs is 3. The summed E-state index contributed by atoms with van der Waals surface area (Å²) in [7, 11) is 0. The summed E-state index contributed by atoms with van der Waals surface area (Å²) in [5.41, 5.74) is 7.63. The van der Waals surface area contributed by atoms with E-state index < -0.39 is 47.5 Å². The third-order valence-corrected chi connectivity index (χ3v) is 10.9. The van der Waals surface area contributed by atoms with Crippen LogP contribution in [0.4, 0.5) is 11.6 Å². The fourth-order valence-corrected chi connectivity index (χ4v) is 7.81. The number of carbonyl (C=O) groups excluding carboxylic acids is 1. The maximum atomic E-state index is 13.9. The number of aromatic nitrogens is 2. The summed E-state index contributed by atoms with van der Waals surface area (Å²) in [6, 6.07) is 15.3. The van der Waals surface area contributed by atoms with Crippen molar-refractivity contribution < 1.29 is 34.0 Å². The van der Waals surface area contributed by atoms with Gasteiger partial charge in [-0.3, -0.25) is 4.79 Å². The Morgan fingerprint density at radius 1 is 1.14 bits per heavy atom. The summed E-state index contributed by atoms with van der Waals surface area (Å²) < 4.78 is 19.9. The quantitative estimate of drug-likeness (QED) is 0.0647. The van der Waals surface area contributed by atoms with E-state index in [4.69, 9.17) is 19.6 Å². The van der Waals surface area contributed by atoms with Crippen LogP contribution in [0.25, 0.3) is 11.0 Å². The maximum absolute atomic E-state index is 13.9. The average Bonchev–Trinajstić information content (AvgIpc) is 3.18. The zero-order valence-electron chi connectivity index (χ0n) is 31.6. The lowest BCUT2D eigenvalue weighted by atomic mass is 9.71. The molecule has 0 aliphatic carbocycles. The summed E-state index contributed by atoms with van der Waals surface area (Å²) in [5.74, 6) is 5.31. The highest BCUT2D eigenvalue weighted by Gasteiger charge is 2.52. The molecule has 288 valence electrons. The van der Waals surface area contributed by atoms with Gasteiger partial charge in [0.05, 0.1) is 5.92 Å². The minimum atomic E-state index is -1.27. The van der Waals surface area contributed by atoms with Gasteiger partial charge in [0, 0.05) is 66.4 Å². The summed E-state index contributed by atoms with van der Waals surface area (Å²) in [5, 5.41) is 36.2. The Hall–Kier alpha value is -6.32. The first-order valence-corrected chi connectivity index (χ1v) is 18.6. The second kappa shape index (κ2) is 15.4. The molecule has 6 N–H and O–H groups in total. The van der Waals surface area contributed by atoms with E-state index in [0.717, 1.165) is 17.4 Å². The summed E-state index contributed by atoms with van der Waals surface area (Å²) in [4.78, 5) is 36.3. The molecule has 2 aliphatic heterocycles. The number of anilines is 2. The largest absolute Gasteiger partial charge is 0.508 e. The van der Waals surface area contributed by atoms with Crippen LogP contribution in [0, 0.1) is 17.8 Å². The van der Waals surface area contributed by atoms with Crippen molar-refractivity contribution in [3.63, 3.8) is 0 Å². The smallest absolute Gasteiger partial charge is 0.333 e. The minimum Gasteiger partial charge on any atom is -0.508 e. The van der Waals surface area contributed by atoms with Crippen LogP contribution < -0.4 is 21.2 Å². The maximum Gasteiger partial charge on any atom is 0.333 e. The number of aliphatic hydroxyl groups is 1. The number of hydrogen-bond donors (Lipinski definition) is 5. The number of benzene rings is 2. The fourth-order valence-electron chi connectivity index (χ4n) is 7.81. The number of phenolic OH excluding ortho intramolecular Hbond substituents is 2. The van der Waals surface area contributed by atoms with Crippen LogP contribution in [0.15, 0.2) is 87.9 Å². The number of phenols is 2. The Balaban J connectivity index is 1.57. The van der Waals surface area contributed by atoms with Gasteiger partial charge in [-0.05, 0) is 81.1 Å². The molecular formula is C44H44N4O8. The van der Waals surface area contributed by atoms with Gasteiger partial charge in [0.2, 0.25) is 0 Å². The Morgan fingerprint density at radius 3 is 2.66 bits per heavy atom. The number of rotatable bonds is 9. The molecule has 3 aromatic heterocycles. The summed E-state index contributed by atoms with van der Waals surface area (Å²) >= 11 is 0. The van der Waals surface area contributed by atoms with Gasteiger partial charge < -0.3 is 40.3 Å². The average molecular weight is 757 g/mol. The number of nitrogens with one attached hydrogen (secondary N) is 1. The van der Waals surface area contributed by atoms with Crippen molar-refractivity contribution in [3.05, 3.63) is 122 Å². The van der Waals surface area contributed by atoms with E-state index in [0.29, 0.717) is 35.2 Å². The van der Waals surface area contributed by atoms with E-state index >= 15 is 0 Å². The number of aliphatic hydroxyl groups excluding tert-OH is 1. The van der Waals surface area contributed by atoms with Gasteiger partial charge in [-0.25, -0.2) is 14.8 Å². The number of carbonyl (C=O) groups is 1. The van der Waals surface area contributed by atoms with Crippen LogP contribution in [0.3, 0.4) is 0 Å². The van der Waals surface area contributed by atoms with Crippen LogP contribution >= 0.6 is 0 Å². The number of aromatic hydroxyl groups is 2. The Kier molecular flexibility index (Phi) is 10.5. The van der Waals surface area contributed by atoms with Crippen LogP contribution in [-0.4, -0.2) is 49.5 Å². The van der Waals surface area contributed by atoms with Crippen molar-refractivity contribution in [2.45, 2.75) is 77.1 Å². The molecule has 0 fully saturated rings. The third-order valence-electron chi connectivity index (χ3n) is 10.9. The van der Waals surface area contributed by atoms with Crippen LogP contribution in [0.2, 0.25) is 0 Å². The first-order chi connectivity index (χ1) is 26.9. The molecule has 5 heterocycles. The molecule has 0 spiro atoms. The number of nitrogen functional groups attached to an aromatic ring is 1. The third kappa shape index (κ3) is 7.02. The number of allylic oxidation sites excluding steroid dienone is 1. The van der Waals surface area contributed by atoms with Crippen molar-refractivity contribution in [1.82, 2.24) is 9.97 Å². The van der Waals surface area contributed by atoms with Gasteiger partial charge in [0.15, 0.2) is 5.43 Å². The molecule has 12 heteroatoms. The molecule has 5 atom stereocenters. The van der Waals surface area contributed by atoms with Crippen molar-refractivity contribution >= 4 is 28.6 Å². The monoisotopic (exact) mass is 756 g/mol. The molecule has 0 amide bonds. The molecule has 56 heavy (non-hydrogen) atoms. The summed E-state index contributed by atoms with van der Waals surface area (Å²) in [6.07, 6.45) is 4.77. The molecule has 7 rings (SSSR count). The van der Waals surface area contributed by atoms with Gasteiger partial charge in [-0.15, -0.1) is 5.92 Å². The summed E-state index contributed by atoms with van der Waals surface area (Å²) in [6.45, 7) is 7.41. The van der Waals surface area contributed by atoms with Gasteiger partial charge in [-0.1, -0.05) is 30.2 Å². The second-order valence-electron chi connectivity index (χ2n) is 14.4. The van der Waals surface area contributed by atoms with E-state index in [9.17, 15) is 24.9 Å².